The fraction of sp³-hybridized carbons (Fsp3) is 0.500. The number of carboxylic acids is 1. The highest BCUT2D eigenvalue weighted by molar-refractivity contribution is 5.93. The van der Waals surface area contributed by atoms with Gasteiger partial charge in [0.05, 0.1) is 12.0 Å². The van der Waals surface area contributed by atoms with Crippen LogP contribution in [0, 0.1) is 12.3 Å². The van der Waals surface area contributed by atoms with Gasteiger partial charge >= 0.3 is 5.97 Å². The lowest BCUT2D eigenvalue weighted by Gasteiger charge is -2.40. The van der Waals surface area contributed by atoms with Gasteiger partial charge in [0, 0.05) is 18.4 Å². The molecule has 1 aliphatic rings. The van der Waals surface area contributed by atoms with Crippen LogP contribution in [0.15, 0.2) is 18.3 Å². The quantitative estimate of drug-likeness (QED) is 0.847. The van der Waals surface area contributed by atoms with Gasteiger partial charge in [0.25, 0.3) is 5.91 Å². The summed E-state index contributed by atoms with van der Waals surface area (Å²) in [5.74, 6) is -0.991. The molecule has 0 aliphatic heterocycles. The molecule has 2 N–H and O–H groups in total. The van der Waals surface area contributed by atoms with Crippen LogP contribution in [0.2, 0.25) is 0 Å². The first-order chi connectivity index (χ1) is 9.01. The van der Waals surface area contributed by atoms with E-state index in [1.165, 1.54) is 6.20 Å². The molecule has 5 heteroatoms. The largest absolute Gasteiger partial charge is 0.481 e. The van der Waals surface area contributed by atoms with Crippen LogP contribution in [0.4, 0.5) is 0 Å². The van der Waals surface area contributed by atoms with Crippen molar-refractivity contribution in [3.05, 3.63) is 29.6 Å². The van der Waals surface area contributed by atoms with Crippen molar-refractivity contribution >= 4 is 11.9 Å². The van der Waals surface area contributed by atoms with Gasteiger partial charge in [-0.3, -0.25) is 14.6 Å². The standard InChI is InChI=1S/C14H18N2O3/c1-10-3-4-11(8-15-10)13(19)16-9-14(5-2-6-14)7-12(17)18/h3-4,8H,2,5-7,9H2,1H3,(H,16,19)(H,17,18). The number of aryl methyl sites for hydroxylation is 1. The lowest BCUT2D eigenvalue weighted by atomic mass is 9.66. The maximum atomic E-state index is 11.9. The van der Waals surface area contributed by atoms with Crippen LogP contribution in [0.5, 0.6) is 0 Å². The summed E-state index contributed by atoms with van der Waals surface area (Å²) in [4.78, 5) is 26.8. The Kier molecular flexibility index (Phi) is 3.83. The third-order valence-corrected chi connectivity index (χ3v) is 3.74. The van der Waals surface area contributed by atoms with Crippen molar-refractivity contribution < 1.29 is 14.7 Å². The topological polar surface area (TPSA) is 79.3 Å². The first-order valence-corrected chi connectivity index (χ1v) is 6.43. The Bertz CT molecular complexity index is 478. The van der Waals surface area contributed by atoms with E-state index in [0.29, 0.717) is 12.1 Å². The summed E-state index contributed by atoms with van der Waals surface area (Å²) in [6, 6.07) is 3.51. The van der Waals surface area contributed by atoms with E-state index in [1.807, 2.05) is 6.92 Å². The van der Waals surface area contributed by atoms with Crippen molar-refractivity contribution in [2.45, 2.75) is 32.6 Å². The van der Waals surface area contributed by atoms with Gasteiger partial charge in [-0.05, 0) is 37.3 Å². The van der Waals surface area contributed by atoms with Crippen molar-refractivity contribution in [1.82, 2.24) is 10.3 Å². The first kappa shape index (κ1) is 13.5. The average molecular weight is 262 g/mol. The van der Waals surface area contributed by atoms with Crippen LogP contribution >= 0.6 is 0 Å². The van der Waals surface area contributed by atoms with Crippen LogP contribution in [0.25, 0.3) is 0 Å². The number of rotatable bonds is 5. The molecule has 1 amide bonds. The smallest absolute Gasteiger partial charge is 0.303 e. The molecule has 2 rings (SSSR count). The fourth-order valence-electron chi connectivity index (χ4n) is 2.39. The third kappa shape index (κ3) is 3.30. The molecule has 1 aromatic rings. The van der Waals surface area contributed by atoms with E-state index >= 15 is 0 Å². The van der Waals surface area contributed by atoms with E-state index in [2.05, 4.69) is 10.3 Å². The molecular weight excluding hydrogens is 244 g/mol. The minimum absolute atomic E-state index is 0.124. The van der Waals surface area contributed by atoms with Crippen molar-refractivity contribution in [1.29, 1.82) is 0 Å². The minimum Gasteiger partial charge on any atom is -0.481 e. The highest BCUT2D eigenvalue weighted by Gasteiger charge is 2.39. The number of carbonyl (C=O) groups is 2. The molecule has 0 bridgehead atoms. The van der Waals surface area contributed by atoms with E-state index in [1.54, 1.807) is 12.1 Å². The number of aliphatic carboxylic acids is 1. The molecule has 0 unspecified atom stereocenters. The highest BCUT2D eigenvalue weighted by Crippen LogP contribution is 2.43. The second-order valence-electron chi connectivity index (χ2n) is 5.30. The van der Waals surface area contributed by atoms with E-state index in [0.717, 1.165) is 25.0 Å². The van der Waals surface area contributed by atoms with Gasteiger partial charge in [-0.2, -0.15) is 0 Å². The van der Waals surface area contributed by atoms with Gasteiger partial charge in [-0.25, -0.2) is 0 Å². The van der Waals surface area contributed by atoms with E-state index in [-0.39, 0.29) is 17.7 Å². The molecule has 5 nitrogen and oxygen atoms in total. The second kappa shape index (κ2) is 5.38. The monoisotopic (exact) mass is 262 g/mol. The molecule has 1 aromatic heterocycles. The van der Waals surface area contributed by atoms with E-state index in [9.17, 15) is 9.59 Å². The Balaban J connectivity index is 1.92. The lowest BCUT2D eigenvalue weighted by Crippen LogP contribution is -2.43. The Hall–Kier alpha value is -1.91. The van der Waals surface area contributed by atoms with Crippen LogP contribution in [-0.4, -0.2) is 28.5 Å². The summed E-state index contributed by atoms with van der Waals surface area (Å²) in [7, 11) is 0. The number of nitrogens with zero attached hydrogens (tertiary/aromatic N) is 1. The molecule has 1 fully saturated rings. The summed E-state index contributed by atoms with van der Waals surface area (Å²) in [5, 5.41) is 11.7. The zero-order valence-electron chi connectivity index (χ0n) is 11.0. The zero-order chi connectivity index (χ0) is 13.9. The predicted molar refractivity (Wildman–Crippen MR) is 69.8 cm³/mol. The molecular formula is C14H18N2O3. The summed E-state index contributed by atoms with van der Waals surface area (Å²) in [5.41, 5.74) is 1.12. The van der Waals surface area contributed by atoms with Crippen molar-refractivity contribution in [3.8, 4) is 0 Å². The maximum Gasteiger partial charge on any atom is 0.303 e. The third-order valence-electron chi connectivity index (χ3n) is 3.74. The van der Waals surface area contributed by atoms with Crippen LogP contribution in [-0.2, 0) is 4.79 Å². The Labute approximate surface area is 112 Å². The number of pyridine rings is 1. The van der Waals surface area contributed by atoms with Gasteiger partial charge in [-0.1, -0.05) is 6.42 Å². The molecule has 0 aromatic carbocycles. The van der Waals surface area contributed by atoms with Gasteiger partial charge in [-0.15, -0.1) is 0 Å². The van der Waals surface area contributed by atoms with Crippen molar-refractivity contribution in [2.24, 2.45) is 5.41 Å². The molecule has 0 radical (unpaired) electrons. The number of nitrogens with one attached hydrogen (secondary N) is 1. The molecule has 19 heavy (non-hydrogen) atoms. The van der Waals surface area contributed by atoms with Gasteiger partial charge in [0.2, 0.25) is 0 Å². The average Bonchev–Trinajstić information content (AvgIpc) is 2.32. The molecule has 0 atom stereocenters. The number of carbonyl (C=O) groups excluding carboxylic acids is 1. The molecule has 1 heterocycles. The van der Waals surface area contributed by atoms with Crippen LogP contribution in [0.1, 0.15) is 41.7 Å². The van der Waals surface area contributed by atoms with E-state index in [4.69, 9.17) is 5.11 Å². The molecule has 102 valence electrons. The lowest BCUT2D eigenvalue weighted by molar-refractivity contribution is -0.141. The van der Waals surface area contributed by atoms with Crippen LogP contribution in [0.3, 0.4) is 0 Å². The summed E-state index contributed by atoms with van der Waals surface area (Å²) < 4.78 is 0. The van der Waals surface area contributed by atoms with Crippen LogP contribution < -0.4 is 5.32 Å². The number of hydrogen-bond acceptors (Lipinski definition) is 3. The molecule has 0 spiro atoms. The Morgan fingerprint density at radius 2 is 2.16 bits per heavy atom. The summed E-state index contributed by atoms with van der Waals surface area (Å²) in [6.45, 7) is 2.28. The Morgan fingerprint density at radius 3 is 2.63 bits per heavy atom. The number of amides is 1. The second-order valence-corrected chi connectivity index (χ2v) is 5.30. The van der Waals surface area contributed by atoms with E-state index < -0.39 is 5.97 Å². The number of carboxylic acid groups (broad SMARTS) is 1. The maximum absolute atomic E-state index is 11.9. The predicted octanol–water partition coefficient (Wildman–Crippen LogP) is 1.76. The first-order valence-electron chi connectivity index (χ1n) is 6.43. The SMILES string of the molecule is Cc1ccc(C(=O)NCC2(CC(=O)O)CCC2)cn1. The van der Waals surface area contributed by atoms with Gasteiger partial charge < -0.3 is 10.4 Å². The normalized spacial score (nSPS) is 16.5. The summed E-state index contributed by atoms with van der Waals surface area (Å²) in [6.07, 6.45) is 4.43. The van der Waals surface area contributed by atoms with Crippen molar-refractivity contribution in [2.75, 3.05) is 6.54 Å². The minimum atomic E-state index is -0.800. The molecule has 0 saturated heterocycles. The Morgan fingerprint density at radius 1 is 1.42 bits per heavy atom. The highest BCUT2D eigenvalue weighted by atomic mass is 16.4. The van der Waals surface area contributed by atoms with Gasteiger partial charge in [0.1, 0.15) is 0 Å². The number of aromatic nitrogens is 1. The van der Waals surface area contributed by atoms with Gasteiger partial charge in [0.15, 0.2) is 0 Å². The zero-order valence-corrected chi connectivity index (χ0v) is 11.0. The number of hydrogen-bond donors (Lipinski definition) is 2. The fourth-order valence-corrected chi connectivity index (χ4v) is 2.39. The molecule has 1 saturated carbocycles. The molecule has 1 aliphatic carbocycles. The summed E-state index contributed by atoms with van der Waals surface area (Å²) >= 11 is 0. The van der Waals surface area contributed by atoms with Crippen molar-refractivity contribution in [3.63, 3.8) is 0 Å².